The van der Waals surface area contributed by atoms with Gasteiger partial charge in [0.2, 0.25) is 0 Å². The van der Waals surface area contributed by atoms with Crippen molar-refractivity contribution in [3.63, 3.8) is 0 Å². The zero-order chi connectivity index (χ0) is 8.72. The second kappa shape index (κ2) is 3.02. The summed E-state index contributed by atoms with van der Waals surface area (Å²) in [6.07, 6.45) is 4.47. The zero-order valence-electron chi connectivity index (χ0n) is 8.59. The minimum Gasteiger partial charge on any atom is -0.303 e. The third-order valence-corrected chi connectivity index (χ3v) is 3.94. The lowest BCUT2D eigenvalue weighted by molar-refractivity contribution is 0.000362. The van der Waals surface area contributed by atoms with Gasteiger partial charge < -0.3 is 4.90 Å². The summed E-state index contributed by atoms with van der Waals surface area (Å²) in [6, 6.07) is 0.912. The van der Waals surface area contributed by atoms with Crippen LogP contribution in [0.1, 0.15) is 33.1 Å². The van der Waals surface area contributed by atoms with E-state index in [0.29, 0.717) is 0 Å². The van der Waals surface area contributed by atoms with Gasteiger partial charge in [0.05, 0.1) is 0 Å². The summed E-state index contributed by atoms with van der Waals surface area (Å²) in [7, 11) is 2.31. The molecule has 3 atom stereocenters. The predicted molar refractivity (Wildman–Crippen MR) is 52.1 cm³/mol. The fraction of sp³-hybridized carbons (Fsp3) is 1.00. The van der Waals surface area contributed by atoms with Crippen LogP contribution >= 0.6 is 0 Å². The van der Waals surface area contributed by atoms with E-state index in [9.17, 15) is 0 Å². The molecule has 0 aromatic heterocycles. The van der Waals surface area contributed by atoms with Gasteiger partial charge in [-0.3, -0.25) is 0 Å². The average molecular weight is 167 g/mol. The monoisotopic (exact) mass is 167 g/mol. The molecule has 1 heteroatoms. The maximum atomic E-state index is 2.60. The molecule has 12 heavy (non-hydrogen) atoms. The van der Waals surface area contributed by atoms with Gasteiger partial charge in [-0.25, -0.2) is 0 Å². The Morgan fingerprint density at radius 3 is 2.42 bits per heavy atom. The first-order valence-corrected chi connectivity index (χ1v) is 5.38. The molecule has 0 N–H and O–H groups in total. The molecule has 2 saturated heterocycles. The molecule has 2 bridgehead atoms. The molecule has 3 unspecified atom stereocenters. The summed E-state index contributed by atoms with van der Waals surface area (Å²) in [4.78, 5) is 2.60. The lowest BCUT2D eigenvalue weighted by Crippen LogP contribution is -2.52. The third kappa shape index (κ3) is 1.28. The van der Waals surface area contributed by atoms with Gasteiger partial charge in [-0.05, 0) is 44.1 Å². The number of rotatable bonds is 1. The largest absolute Gasteiger partial charge is 0.303 e. The van der Waals surface area contributed by atoms with Gasteiger partial charge in [0, 0.05) is 12.6 Å². The summed E-state index contributed by atoms with van der Waals surface area (Å²) in [5, 5.41) is 0. The molecular weight excluding hydrogens is 146 g/mol. The zero-order valence-corrected chi connectivity index (χ0v) is 8.59. The predicted octanol–water partition coefficient (Wildman–Crippen LogP) is 2.37. The lowest BCUT2D eigenvalue weighted by atomic mass is 9.69. The molecule has 3 fully saturated rings. The molecule has 1 nitrogen and oxygen atoms in total. The Morgan fingerprint density at radius 1 is 1.25 bits per heavy atom. The van der Waals surface area contributed by atoms with Crippen LogP contribution in [0.2, 0.25) is 0 Å². The molecule has 0 spiro atoms. The number of hydrogen-bond acceptors (Lipinski definition) is 1. The Hall–Kier alpha value is -0.0400. The van der Waals surface area contributed by atoms with Crippen LogP contribution in [0, 0.1) is 17.8 Å². The van der Waals surface area contributed by atoms with Gasteiger partial charge in [0.1, 0.15) is 0 Å². The van der Waals surface area contributed by atoms with E-state index in [1.807, 2.05) is 0 Å². The van der Waals surface area contributed by atoms with E-state index in [4.69, 9.17) is 0 Å². The standard InChI is InChI=1S/C11H21N/c1-8(2)10-6-9-4-5-11(10)12(3)7-9/h8-11H,4-7H2,1-3H3. The van der Waals surface area contributed by atoms with Crippen LogP contribution < -0.4 is 0 Å². The van der Waals surface area contributed by atoms with Crippen LogP contribution in [0.4, 0.5) is 0 Å². The van der Waals surface area contributed by atoms with E-state index >= 15 is 0 Å². The maximum absolute atomic E-state index is 2.60. The SMILES string of the molecule is CC(C)C1CC2CCC1N(C)C2. The molecule has 0 radical (unpaired) electrons. The van der Waals surface area contributed by atoms with Gasteiger partial charge in [0.15, 0.2) is 0 Å². The van der Waals surface area contributed by atoms with Gasteiger partial charge in [0.25, 0.3) is 0 Å². The van der Waals surface area contributed by atoms with Crippen LogP contribution in [0.25, 0.3) is 0 Å². The molecule has 70 valence electrons. The Labute approximate surface area is 76.1 Å². The highest BCUT2D eigenvalue weighted by molar-refractivity contribution is 4.93. The van der Waals surface area contributed by atoms with Crippen molar-refractivity contribution in [2.24, 2.45) is 17.8 Å². The minimum absolute atomic E-state index is 0.889. The average Bonchev–Trinajstić information content (AvgIpc) is 2.04. The van der Waals surface area contributed by atoms with Crippen molar-refractivity contribution < 1.29 is 0 Å². The normalized spacial score (nSPS) is 42.5. The van der Waals surface area contributed by atoms with Crippen LogP contribution in [0.5, 0.6) is 0 Å². The number of nitrogens with zero attached hydrogens (tertiary/aromatic N) is 1. The first-order valence-electron chi connectivity index (χ1n) is 5.38. The van der Waals surface area contributed by atoms with Crippen molar-refractivity contribution in [2.45, 2.75) is 39.2 Å². The third-order valence-electron chi connectivity index (χ3n) is 3.94. The van der Waals surface area contributed by atoms with Gasteiger partial charge >= 0.3 is 0 Å². The smallest absolute Gasteiger partial charge is 0.0123 e. The molecule has 3 aliphatic rings. The van der Waals surface area contributed by atoms with Crippen molar-refractivity contribution in [1.82, 2.24) is 4.90 Å². The summed E-state index contributed by atoms with van der Waals surface area (Å²) < 4.78 is 0. The Balaban J connectivity index is 2.09. The minimum atomic E-state index is 0.889. The van der Waals surface area contributed by atoms with Gasteiger partial charge in [-0.2, -0.15) is 0 Å². The van der Waals surface area contributed by atoms with E-state index in [2.05, 4.69) is 25.8 Å². The Morgan fingerprint density at radius 2 is 2.00 bits per heavy atom. The van der Waals surface area contributed by atoms with Crippen LogP contribution in [-0.4, -0.2) is 24.5 Å². The molecule has 1 aliphatic carbocycles. The van der Waals surface area contributed by atoms with Gasteiger partial charge in [-0.1, -0.05) is 13.8 Å². The molecule has 2 heterocycles. The van der Waals surface area contributed by atoms with Crippen molar-refractivity contribution >= 4 is 0 Å². The molecule has 3 rings (SSSR count). The lowest BCUT2D eigenvalue weighted by Gasteiger charge is -2.50. The fourth-order valence-corrected chi connectivity index (χ4v) is 3.25. The highest BCUT2D eigenvalue weighted by Crippen LogP contribution is 2.41. The summed E-state index contributed by atoms with van der Waals surface area (Å²) >= 11 is 0. The second-order valence-electron chi connectivity index (χ2n) is 5.09. The molecule has 0 aromatic carbocycles. The molecule has 0 aromatic rings. The Bertz CT molecular complexity index is 164. The fourth-order valence-electron chi connectivity index (χ4n) is 3.25. The van der Waals surface area contributed by atoms with Crippen molar-refractivity contribution in [3.05, 3.63) is 0 Å². The molecule has 1 saturated carbocycles. The van der Waals surface area contributed by atoms with Crippen molar-refractivity contribution in [3.8, 4) is 0 Å². The number of hydrogen-bond donors (Lipinski definition) is 0. The molecule has 2 aliphatic heterocycles. The Kier molecular flexibility index (Phi) is 2.16. The van der Waals surface area contributed by atoms with Gasteiger partial charge in [-0.15, -0.1) is 0 Å². The quantitative estimate of drug-likeness (QED) is 0.579. The number of fused-ring (bicyclic) bond motifs is 3. The molecule has 0 amide bonds. The summed E-state index contributed by atoms with van der Waals surface area (Å²) in [5.74, 6) is 2.90. The highest BCUT2D eigenvalue weighted by Gasteiger charge is 2.39. The molecular formula is C11H21N. The van der Waals surface area contributed by atoms with Crippen molar-refractivity contribution in [2.75, 3.05) is 13.6 Å². The summed E-state index contributed by atoms with van der Waals surface area (Å²) in [6.45, 7) is 6.15. The first kappa shape index (κ1) is 8.55. The van der Waals surface area contributed by atoms with Crippen molar-refractivity contribution in [1.29, 1.82) is 0 Å². The van der Waals surface area contributed by atoms with Crippen LogP contribution in [0.3, 0.4) is 0 Å². The second-order valence-corrected chi connectivity index (χ2v) is 5.09. The maximum Gasteiger partial charge on any atom is 0.0123 e. The first-order chi connectivity index (χ1) is 5.68. The van der Waals surface area contributed by atoms with Crippen LogP contribution in [0.15, 0.2) is 0 Å². The summed E-state index contributed by atoms with van der Waals surface area (Å²) in [5.41, 5.74) is 0. The topological polar surface area (TPSA) is 3.24 Å². The van der Waals surface area contributed by atoms with E-state index in [-0.39, 0.29) is 0 Å². The van der Waals surface area contributed by atoms with E-state index < -0.39 is 0 Å². The van der Waals surface area contributed by atoms with E-state index in [0.717, 1.165) is 23.8 Å². The number of piperidine rings is 2. The highest BCUT2D eigenvalue weighted by atomic mass is 15.2. The van der Waals surface area contributed by atoms with E-state index in [1.165, 1.54) is 25.8 Å². The van der Waals surface area contributed by atoms with E-state index in [1.54, 1.807) is 0 Å². The van der Waals surface area contributed by atoms with Crippen LogP contribution in [-0.2, 0) is 0 Å².